The molecule has 1 unspecified atom stereocenters. The molecule has 0 spiro atoms. The summed E-state index contributed by atoms with van der Waals surface area (Å²) >= 11 is 0. The fourth-order valence-electron chi connectivity index (χ4n) is 1.42. The molecule has 0 saturated carbocycles. The minimum absolute atomic E-state index is 0.292. The van der Waals surface area contributed by atoms with Gasteiger partial charge in [0.25, 0.3) is 5.91 Å². The Hall–Kier alpha value is -1.98. The molecule has 1 heterocycles. The Morgan fingerprint density at radius 2 is 2.06 bits per heavy atom. The van der Waals surface area contributed by atoms with E-state index in [1.807, 2.05) is 0 Å². The SMILES string of the molecule is CCC(C)(NC(=O)c1cnc(C)nc1C)C(=O)O. The van der Waals surface area contributed by atoms with E-state index in [2.05, 4.69) is 15.3 Å². The largest absolute Gasteiger partial charge is 0.480 e. The maximum absolute atomic E-state index is 12.0. The van der Waals surface area contributed by atoms with Gasteiger partial charge in [-0.15, -0.1) is 0 Å². The summed E-state index contributed by atoms with van der Waals surface area (Å²) in [5, 5.41) is 11.6. The maximum Gasteiger partial charge on any atom is 0.329 e. The first-order valence-corrected chi connectivity index (χ1v) is 5.66. The summed E-state index contributed by atoms with van der Waals surface area (Å²) in [5.41, 5.74) is -0.459. The summed E-state index contributed by atoms with van der Waals surface area (Å²) in [4.78, 5) is 31.1. The molecule has 0 aliphatic heterocycles. The molecule has 0 saturated heterocycles. The number of aliphatic carboxylic acids is 1. The number of amides is 1. The highest BCUT2D eigenvalue weighted by Crippen LogP contribution is 2.12. The number of aromatic nitrogens is 2. The summed E-state index contributed by atoms with van der Waals surface area (Å²) < 4.78 is 0. The zero-order valence-corrected chi connectivity index (χ0v) is 10.9. The second-order valence-electron chi connectivity index (χ2n) is 4.36. The van der Waals surface area contributed by atoms with Gasteiger partial charge in [0.1, 0.15) is 11.4 Å². The van der Waals surface area contributed by atoms with E-state index in [1.54, 1.807) is 20.8 Å². The van der Waals surface area contributed by atoms with Gasteiger partial charge in [-0.3, -0.25) is 4.79 Å². The number of carbonyl (C=O) groups excluding carboxylic acids is 1. The highest BCUT2D eigenvalue weighted by atomic mass is 16.4. The van der Waals surface area contributed by atoms with Gasteiger partial charge in [0.2, 0.25) is 0 Å². The average molecular weight is 251 g/mol. The van der Waals surface area contributed by atoms with E-state index in [4.69, 9.17) is 5.11 Å². The van der Waals surface area contributed by atoms with Crippen molar-refractivity contribution >= 4 is 11.9 Å². The van der Waals surface area contributed by atoms with Crippen molar-refractivity contribution in [1.82, 2.24) is 15.3 Å². The molecule has 0 bridgehead atoms. The fraction of sp³-hybridized carbons (Fsp3) is 0.500. The highest BCUT2D eigenvalue weighted by Gasteiger charge is 2.33. The summed E-state index contributed by atoms with van der Waals surface area (Å²) in [6.45, 7) is 6.58. The molecule has 1 aromatic heterocycles. The topological polar surface area (TPSA) is 92.2 Å². The number of carboxylic acid groups (broad SMARTS) is 1. The van der Waals surface area contributed by atoms with Crippen molar-refractivity contribution in [3.63, 3.8) is 0 Å². The van der Waals surface area contributed by atoms with Gasteiger partial charge in [-0.2, -0.15) is 0 Å². The predicted molar refractivity (Wildman–Crippen MR) is 65.3 cm³/mol. The fourth-order valence-corrected chi connectivity index (χ4v) is 1.42. The molecular formula is C12H17N3O3. The first-order valence-electron chi connectivity index (χ1n) is 5.66. The molecule has 0 aromatic carbocycles. The quantitative estimate of drug-likeness (QED) is 0.835. The van der Waals surface area contributed by atoms with E-state index in [1.165, 1.54) is 13.1 Å². The Bertz CT molecular complexity index is 487. The molecule has 98 valence electrons. The molecule has 1 rings (SSSR count). The van der Waals surface area contributed by atoms with E-state index >= 15 is 0 Å². The number of nitrogens with zero attached hydrogens (tertiary/aromatic N) is 2. The van der Waals surface area contributed by atoms with Crippen LogP contribution in [0.1, 0.15) is 42.1 Å². The molecule has 1 aromatic rings. The van der Waals surface area contributed by atoms with Crippen LogP contribution < -0.4 is 5.32 Å². The van der Waals surface area contributed by atoms with Gasteiger partial charge >= 0.3 is 5.97 Å². The normalized spacial score (nSPS) is 13.8. The van der Waals surface area contributed by atoms with Crippen molar-refractivity contribution in [2.24, 2.45) is 0 Å². The Morgan fingerprint density at radius 1 is 1.44 bits per heavy atom. The van der Waals surface area contributed by atoms with Crippen molar-refractivity contribution in [2.75, 3.05) is 0 Å². The van der Waals surface area contributed by atoms with Crippen molar-refractivity contribution < 1.29 is 14.7 Å². The zero-order chi connectivity index (χ0) is 13.9. The summed E-state index contributed by atoms with van der Waals surface area (Å²) in [5.74, 6) is -0.969. The lowest BCUT2D eigenvalue weighted by atomic mass is 9.98. The van der Waals surface area contributed by atoms with Crippen LogP contribution in [0.3, 0.4) is 0 Å². The zero-order valence-electron chi connectivity index (χ0n) is 10.9. The molecule has 2 N–H and O–H groups in total. The van der Waals surface area contributed by atoms with Crippen molar-refractivity contribution in [3.05, 3.63) is 23.3 Å². The number of carboxylic acids is 1. The minimum atomic E-state index is -1.28. The smallest absolute Gasteiger partial charge is 0.329 e. The van der Waals surface area contributed by atoms with Gasteiger partial charge in [-0.05, 0) is 27.2 Å². The van der Waals surface area contributed by atoms with E-state index in [0.717, 1.165) is 0 Å². The van der Waals surface area contributed by atoms with E-state index in [-0.39, 0.29) is 0 Å². The summed E-state index contributed by atoms with van der Waals surface area (Å²) in [7, 11) is 0. The van der Waals surface area contributed by atoms with Crippen LogP contribution in [0, 0.1) is 13.8 Å². The number of carbonyl (C=O) groups is 2. The molecule has 0 aliphatic carbocycles. The van der Waals surface area contributed by atoms with Crippen LogP contribution in [0.15, 0.2) is 6.20 Å². The van der Waals surface area contributed by atoms with Gasteiger partial charge in [-0.25, -0.2) is 14.8 Å². The molecule has 0 aliphatic rings. The Balaban J connectivity index is 2.98. The Morgan fingerprint density at radius 3 is 2.50 bits per heavy atom. The van der Waals surface area contributed by atoms with E-state index in [0.29, 0.717) is 23.5 Å². The van der Waals surface area contributed by atoms with E-state index < -0.39 is 17.4 Å². The van der Waals surface area contributed by atoms with Gasteiger partial charge in [0.15, 0.2) is 0 Å². The summed E-state index contributed by atoms with van der Waals surface area (Å²) in [6.07, 6.45) is 1.70. The van der Waals surface area contributed by atoms with Gasteiger partial charge in [-0.1, -0.05) is 6.92 Å². The van der Waals surface area contributed by atoms with Gasteiger partial charge < -0.3 is 10.4 Å². The summed E-state index contributed by atoms with van der Waals surface area (Å²) in [6, 6.07) is 0. The van der Waals surface area contributed by atoms with Crippen LogP contribution in [-0.4, -0.2) is 32.5 Å². The van der Waals surface area contributed by atoms with Gasteiger partial charge in [0, 0.05) is 6.20 Å². The maximum atomic E-state index is 12.0. The first kappa shape index (κ1) is 14.1. The third kappa shape index (κ3) is 2.82. The standard InChI is InChI=1S/C12H17N3O3/c1-5-12(4,11(17)18)15-10(16)9-6-13-8(3)14-7(9)2/h6H,5H2,1-4H3,(H,15,16)(H,17,18). The molecule has 6 heteroatoms. The number of hydrogen-bond acceptors (Lipinski definition) is 4. The molecular weight excluding hydrogens is 234 g/mol. The van der Waals surface area contributed by atoms with Crippen LogP contribution in [-0.2, 0) is 4.79 Å². The second-order valence-corrected chi connectivity index (χ2v) is 4.36. The Kier molecular flexibility index (Phi) is 4.00. The number of rotatable bonds is 4. The number of nitrogens with one attached hydrogen (secondary N) is 1. The van der Waals surface area contributed by atoms with Gasteiger partial charge in [0.05, 0.1) is 11.3 Å². The third-order valence-electron chi connectivity index (χ3n) is 2.91. The lowest BCUT2D eigenvalue weighted by molar-refractivity contribution is -0.143. The number of hydrogen-bond donors (Lipinski definition) is 2. The lowest BCUT2D eigenvalue weighted by Gasteiger charge is -2.24. The molecule has 1 amide bonds. The molecule has 6 nitrogen and oxygen atoms in total. The second kappa shape index (κ2) is 5.12. The average Bonchev–Trinajstić information content (AvgIpc) is 2.28. The minimum Gasteiger partial charge on any atom is -0.480 e. The number of aryl methyl sites for hydroxylation is 2. The van der Waals surface area contributed by atoms with Crippen molar-refractivity contribution in [3.8, 4) is 0 Å². The monoisotopic (exact) mass is 251 g/mol. The molecule has 18 heavy (non-hydrogen) atoms. The third-order valence-corrected chi connectivity index (χ3v) is 2.91. The van der Waals surface area contributed by atoms with Crippen LogP contribution in [0.25, 0.3) is 0 Å². The Labute approximate surface area is 105 Å². The van der Waals surface area contributed by atoms with E-state index in [9.17, 15) is 9.59 Å². The lowest BCUT2D eigenvalue weighted by Crippen LogP contribution is -2.51. The molecule has 1 atom stereocenters. The van der Waals surface area contributed by atoms with Crippen LogP contribution in [0.5, 0.6) is 0 Å². The van der Waals surface area contributed by atoms with Crippen LogP contribution in [0.2, 0.25) is 0 Å². The first-order chi connectivity index (χ1) is 8.30. The van der Waals surface area contributed by atoms with Crippen LogP contribution >= 0.6 is 0 Å². The van der Waals surface area contributed by atoms with Crippen molar-refractivity contribution in [2.45, 2.75) is 39.7 Å². The highest BCUT2D eigenvalue weighted by molar-refractivity contribution is 5.98. The van der Waals surface area contributed by atoms with Crippen LogP contribution in [0.4, 0.5) is 0 Å². The molecule has 0 radical (unpaired) electrons. The molecule has 0 fully saturated rings. The van der Waals surface area contributed by atoms with Crippen molar-refractivity contribution in [1.29, 1.82) is 0 Å². The predicted octanol–water partition coefficient (Wildman–Crippen LogP) is 1.08.